The highest BCUT2D eigenvalue weighted by Gasteiger charge is 2.50. The van der Waals surface area contributed by atoms with Gasteiger partial charge in [0.2, 0.25) is 5.78 Å². The van der Waals surface area contributed by atoms with E-state index in [2.05, 4.69) is 0 Å². The van der Waals surface area contributed by atoms with Crippen LogP contribution >= 0.6 is 0 Å². The van der Waals surface area contributed by atoms with Crippen molar-refractivity contribution in [3.05, 3.63) is 51.6 Å². The van der Waals surface area contributed by atoms with E-state index in [-0.39, 0.29) is 58.4 Å². The van der Waals surface area contributed by atoms with Crippen molar-refractivity contribution in [2.75, 3.05) is 7.11 Å². The number of aromatic hydroxyl groups is 2. The number of nitrogens with two attached hydrogens (primary N) is 2. The van der Waals surface area contributed by atoms with Crippen molar-refractivity contribution in [2.24, 2.45) is 11.5 Å². The molecule has 2 aliphatic carbocycles. The maximum absolute atomic E-state index is 13.6. The summed E-state index contributed by atoms with van der Waals surface area (Å²) in [5.74, 6) is -2.69. The summed E-state index contributed by atoms with van der Waals surface area (Å²) in [7, 11) is 1.37. The highest BCUT2D eigenvalue weighted by atomic mass is 16.5. The largest absolute Gasteiger partial charge is 0.507 e. The maximum atomic E-state index is 13.6. The molecule has 37 heavy (non-hydrogen) atoms. The predicted molar refractivity (Wildman–Crippen MR) is 132 cm³/mol. The molecule has 7 atom stereocenters. The van der Waals surface area contributed by atoms with Crippen LogP contribution in [0.2, 0.25) is 0 Å². The van der Waals surface area contributed by atoms with Gasteiger partial charge < -0.3 is 41.4 Å². The second kappa shape index (κ2) is 8.78. The van der Waals surface area contributed by atoms with Gasteiger partial charge in [-0.3, -0.25) is 9.59 Å². The molecule has 3 unspecified atom stereocenters. The summed E-state index contributed by atoms with van der Waals surface area (Å²) in [5.41, 5.74) is 11.4. The van der Waals surface area contributed by atoms with Crippen molar-refractivity contribution in [2.45, 2.75) is 75.0 Å². The molecule has 0 aromatic heterocycles. The van der Waals surface area contributed by atoms with E-state index in [4.69, 9.17) is 20.9 Å². The molecule has 0 saturated carbocycles. The number of aliphatic hydroxyl groups is 2. The van der Waals surface area contributed by atoms with Gasteiger partial charge in [-0.25, -0.2) is 0 Å². The average Bonchev–Trinajstić information content (AvgIpc) is 2.86. The van der Waals surface area contributed by atoms with E-state index >= 15 is 0 Å². The highest BCUT2D eigenvalue weighted by Crippen LogP contribution is 2.53. The SMILES string of the molecule is COc1cccc2c1C(=O)c1c(O)c3c(c(O)c1C2=O)C([C@H]1C[C@H](N)[C@@H](O)[C@@H](C)O1)CC(N)(C(C)O)C3. The number of hydrogen-bond donors (Lipinski definition) is 6. The van der Waals surface area contributed by atoms with Crippen LogP contribution in [0, 0.1) is 0 Å². The van der Waals surface area contributed by atoms with Gasteiger partial charge in [-0.15, -0.1) is 0 Å². The first kappa shape index (κ1) is 25.6. The predicted octanol–water partition coefficient (Wildman–Crippen LogP) is 0.855. The molecule has 3 aliphatic rings. The minimum atomic E-state index is -1.24. The van der Waals surface area contributed by atoms with Gasteiger partial charge in [0.15, 0.2) is 5.78 Å². The third kappa shape index (κ3) is 3.66. The van der Waals surface area contributed by atoms with Crippen molar-refractivity contribution in [1.82, 2.24) is 0 Å². The summed E-state index contributed by atoms with van der Waals surface area (Å²) in [6.45, 7) is 3.22. The van der Waals surface area contributed by atoms with E-state index in [1.807, 2.05) is 0 Å². The second-order valence-corrected chi connectivity index (χ2v) is 10.5. The Labute approximate surface area is 213 Å². The molecule has 1 aliphatic heterocycles. The van der Waals surface area contributed by atoms with Gasteiger partial charge in [0.05, 0.1) is 48.2 Å². The lowest BCUT2D eigenvalue weighted by molar-refractivity contribution is -0.129. The van der Waals surface area contributed by atoms with Gasteiger partial charge >= 0.3 is 0 Å². The lowest BCUT2D eigenvalue weighted by atomic mass is 9.65. The van der Waals surface area contributed by atoms with Crippen LogP contribution in [0.4, 0.5) is 0 Å². The first-order valence-electron chi connectivity index (χ1n) is 12.3. The quantitative estimate of drug-likeness (QED) is 0.275. The lowest BCUT2D eigenvalue weighted by Crippen LogP contribution is -2.58. The van der Waals surface area contributed by atoms with E-state index in [1.165, 1.54) is 26.2 Å². The summed E-state index contributed by atoms with van der Waals surface area (Å²) in [4.78, 5) is 27.3. The number of phenols is 2. The number of methoxy groups -OCH3 is 1. The number of carbonyl (C=O) groups excluding carboxylic acids is 2. The van der Waals surface area contributed by atoms with Gasteiger partial charge in [-0.1, -0.05) is 12.1 Å². The van der Waals surface area contributed by atoms with Crippen LogP contribution in [0.5, 0.6) is 17.2 Å². The van der Waals surface area contributed by atoms with Crippen LogP contribution in [0.25, 0.3) is 0 Å². The number of phenolic OH excluding ortho intramolecular Hbond substituents is 2. The molecule has 8 N–H and O–H groups in total. The van der Waals surface area contributed by atoms with Crippen LogP contribution in [0.1, 0.15) is 75.6 Å². The van der Waals surface area contributed by atoms with Gasteiger partial charge in [0.1, 0.15) is 17.2 Å². The van der Waals surface area contributed by atoms with Gasteiger partial charge in [0, 0.05) is 34.2 Å². The Balaban J connectivity index is 1.75. The molecule has 1 heterocycles. The number of ether oxygens (including phenoxy) is 2. The van der Waals surface area contributed by atoms with E-state index < -0.39 is 65.0 Å². The average molecular weight is 513 g/mol. The van der Waals surface area contributed by atoms with Gasteiger partial charge in [0.25, 0.3) is 0 Å². The number of hydrogen-bond acceptors (Lipinski definition) is 10. The number of carbonyl (C=O) groups is 2. The summed E-state index contributed by atoms with van der Waals surface area (Å²) in [6, 6.07) is 3.96. The summed E-state index contributed by atoms with van der Waals surface area (Å²) >= 11 is 0. The Morgan fingerprint density at radius 3 is 2.43 bits per heavy atom. The van der Waals surface area contributed by atoms with Crippen molar-refractivity contribution >= 4 is 11.6 Å². The fourth-order valence-electron chi connectivity index (χ4n) is 6.17. The summed E-state index contributed by atoms with van der Waals surface area (Å²) in [5, 5.41) is 44.0. The molecule has 0 amide bonds. The van der Waals surface area contributed by atoms with Crippen LogP contribution in [-0.2, 0) is 11.2 Å². The molecule has 0 spiro atoms. The van der Waals surface area contributed by atoms with E-state index in [1.54, 1.807) is 13.0 Å². The third-order valence-electron chi connectivity index (χ3n) is 8.33. The standard InChI is InChI=1S/C27H32N2O8/c1-10-22(31)15(28)7-17(37-10)13-8-27(29,11(2)30)9-14-18(13)25(34)20-21(24(14)33)26(35)19-12(23(20)32)5-4-6-16(19)36-3/h4-6,10-11,13,15,17,22,30-31,33-34H,7-9,28-29H2,1-3H3/t10-,11?,13?,15+,17-,22+,27?/m1/s1. The van der Waals surface area contributed by atoms with Gasteiger partial charge in [-0.2, -0.15) is 0 Å². The van der Waals surface area contributed by atoms with Crippen LogP contribution in [0.15, 0.2) is 18.2 Å². The lowest BCUT2D eigenvalue weighted by Gasteiger charge is -2.47. The van der Waals surface area contributed by atoms with Gasteiger partial charge in [-0.05, 0) is 39.2 Å². The Kier molecular flexibility index (Phi) is 6.08. The smallest absolute Gasteiger partial charge is 0.202 e. The minimum absolute atomic E-state index is 0.00319. The molecule has 2 aromatic rings. The van der Waals surface area contributed by atoms with Crippen molar-refractivity contribution in [1.29, 1.82) is 0 Å². The molecule has 0 bridgehead atoms. The zero-order valence-corrected chi connectivity index (χ0v) is 20.9. The van der Waals surface area contributed by atoms with E-state index in [0.29, 0.717) is 0 Å². The highest BCUT2D eigenvalue weighted by molar-refractivity contribution is 6.31. The van der Waals surface area contributed by atoms with Crippen LogP contribution in [0.3, 0.4) is 0 Å². The molecule has 10 nitrogen and oxygen atoms in total. The first-order valence-corrected chi connectivity index (χ1v) is 12.3. The molecule has 1 saturated heterocycles. The number of rotatable bonds is 3. The summed E-state index contributed by atoms with van der Waals surface area (Å²) < 4.78 is 11.4. The van der Waals surface area contributed by atoms with Crippen molar-refractivity contribution < 1.29 is 39.5 Å². The Bertz CT molecular complexity index is 1300. The van der Waals surface area contributed by atoms with Crippen LogP contribution < -0.4 is 16.2 Å². The van der Waals surface area contributed by atoms with E-state index in [0.717, 1.165) is 0 Å². The monoisotopic (exact) mass is 512 g/mol. The van der Waals surface area contributed by atoms with E-state index in [9.17, 15) is 30.0 Å². The molecular weight excluding hydrogens is 480 g/mol. The zero-order chi connectivity index (χ0) is 27.0. The molecule has 198 valence electrons. The normalized spacial score (nSPS) is 31.8. The maximum Gasteiger partial charge on any atom is 0.202 e. The zero-order valence-electron chi connectivity index (χ0n) is 20.9. The van der Waals surface area contributed by atoms with Crippen molar-refractivity contribution in [3.63, 3.8) is 0 Å². The number of benzene rings is 2. The Morgan fingerprint density at radius 1 is 1.14 bits per heavy atom. The van der Waals surface area contributed by atoms with Crippen LogP contribution in [-0.4, -0.2) is 75.1 Å². The molecule has 0 radical (unpaired) electrons. The Hall–Kier alpha value is -3.02. The number of fused-ring (bicyclic) bond motifs is 3. The number of ketones is 2. The minimum Gasteiger partial charge on any atom is -0.507 e. The molecular formula is C27H32N2O8. The molecule has 10 heteroatoms. The fraction of sp³-hybridized carbons (Fsp3) is 0.481. The first-order chi connectivity index (χ1) is 17.4. The topological polar surface area (TPSA) is 186 Å². The number of aliphatic hydroxyl groups excluding tert-OH is 2. The molecule has 1 fully saturated rings. The van der Waals surface area contributed by atoms with Crippen molar-refractivity contribution in [3.8, 4) is 17.2 Å². The third-order valence-corrected chi connectivity index (χ3v) is 8.33. The Morgan fingerprint density at radius 2 is 1.81 bits per heavy atom. The second-order valence-electron chi connectivity index (χ2n) is 10.5. The molecule has 5 rings (SSSR count). The summed E-state index contributed by atoms with van der Waals surface area (Å²) in [6.07, 6.45) is -2.85. The molecule has 2 aromatic carbocycles. The fourth-order valence-corrected chi connectivity index (χ4v) is 6.17.